The van der Waals surface area contributed by atoms with Crippen LogP contribution in [-0.4, -0.2) is 16.2 Å². The topological polar surface area (TPSA) is 44.1 Å². The lowest BCUT2D eigenvalue weighted by Crippen LogP contribution is -2.23. The van der Waals surface area contributed by atoms with Crippen molar-refractivity contribution in [1.82, 2.24) is 9.55 Å². The Bertz CT molecular complexity index is 853. The summed E-state index contributed by atoms with van der Waals surface area (Å²) in [4.78, 5) is 19.1. The number of aromatic nitrogens is 2. The van der Waals surface area contributed by atoms with Gasteiger partial charge in [-0.3, -0.25) is 9.36 Å². The van der Waals surface area contributed by atoms with Gasteiger partial charge in [-0.25, -0.2) is 4.98 Å². The molecule has 1 aromatic carbocycles. The molecule has 120 valence electrons. The van der Waals surface area contributed by atoms with E-state index < -0.39 is 0 Å². The van der Waals surface area contributed by atoms with Crippen molar-refractivity contribution in [2.24, 2.45) is 0 Å². The van der Waals surface area contributed by atoms with Crippen LogP contribution in [0.15, 0.2) is 41.2 Å². The Morgan fingerprint density at radius 1 is 1.17 bits per heavy atom. The lowest BCUT2D eigenvalue weighted by Gasteiger charge is -2.10. The van der Waals surface area contributed by atoms with Crippen LogP contribution in [0.5, 0.6) is 5.75 Å². The molecular weight excluding hydrogens is 308 g/mol. The van der Waals surface area contributed by atoms with Gasteiger partial charge in [-0.1, -0.05) is 18.2 Å². The maximum Gasteiger partial charge on any atom is 0.262 e. The number of unbranched alkanes of at least 4 members (excludes halogenated alkanes) is 1. The molecule has 0 fully saturated rings. The summed E-state index contributed by atoms with van der Waals surface area (Å²) in [5.74, 6) is 1.67. The lowest BCUT2D eigenvalue weighted by atomic mass is 10.3. The highest BCUT2D eigenvalue weighted by atomic mass is 32.1. The fraction of sp³-hybridized carbons (Fsp3) is 0.333. The summed E-state index contributed by atoms with van der Waals surface area (Å²) in [7, 11) is 0. The molecule has 0 amide bonds. The van der Waals surface area contributed by atoms with Crippen LogP contribution in [0, 0.1) is 13.8 Å². The third-order valence-electron chi connectivity index (χ3n) is 3.75. The second-order valence-corrected chi connectivity index (χ2v) is 6.80. The number of benzene rings is 1. The predicted molar refractivity (Wildman–Crippen MR) is 94.5 cm³/mol. The lowest BCUT2D eigenvalue weighted by molar-refractivity contribution is 0.302. The van der Waals surface area contributed by atoms with Crippen LogP contribution in [-0.2, 0) is 6.54 Å². The van der Waals surface area contributed by atoms with Crippen LogP contribution in [0.2, 0.25) is 0 Å². The van der Waals surface area contributed by atoms with Crippen LogP contribution in [0.4, 0.5) is 0 Å². The van der Waals surface area contributed by atoms with E-state index in [-0.39, 0.29) is 5.56 Å². The van der Waals surface area contributed by atoms with Gasteiger partial charge < -0.3 is 4.74 Å². The van der Waals surface area contributed by atoms with Crippen molar-refractivity contribution in [2.45, 2.75) is 33.2 Å². The highest BCUT2D eigenvalue weighted by Gasteiger charge is 2.10. The third-order valence-corrected chi connectivity index (χ3v) is 4.70. The normalized spacial score (nSPS) is 11.0. The standard InChI is InChI=1S/C18H20N2O2S/c1-13-12-16-17(23-13)19-14(2)20(18(16)21)10-6-7-11-22-15-8-4-3-5-9-15/h3-5,8-9,12H,6-7,10-11H2,1-2H3. The van der Waals surface area contributed by atoms with Gasteiger partial charge in [0.05, 0.1) is 12.0 Å². The van der Waals surface area contributed by atoms with Gasteiger partial charge in [0.15, 0.2) is 0 Å². The van der Waals surface area contributed by atoms with Crippen molar-refractivity contribution in [2.75, 3.05) is 6.61 Å². The molecule has 0 aliphatic heterocycles. The molecule has 0 atom stereocenters. The summed E-state index contributed by atoms with van der Waals surface area (Å²) >= 11 is 1.57. The molecule has 5 heteroatoms. The van der Waals surface area contributed by atoms with Gasteiger partial charge in [0.25, 0.3) is 5.56 Å². The first-order valence-electron chi connectivity index (χ1n) is 7.80. The molecule has 0 saturated heterocycles. The van der Waals surface area contributed by atoms with Gasteiger partial charge >= 0.3 is 0 Å². The van der Waals surface area contributed by atoms with E-state index in [1.54, 1.807) is 15.9 Å². The first-order chi connectivity index (χ1) is 11.1. The van der Waals surface area contributed by atoms with Crippen LogP contribution < -0.4 is 10.3 Å². The van der Waals surface area contributed by atoms with E-state index in [1.165, 1.54) is 0 Å². The maximum absolute atomic E-state index is 12.5. The zero-order chi connectivity index (χ0) is 16.2. The van der Waals surface area contributed by atoms with Gasteiger partial charge in [-0.2, -0.15) is 0 Å². The predicted octanol–water partition coefficient (Wildman–Crippen LogP) is 3.93. The molecule has 0 aliphatic carbocycles. The third kappa shape index (κ3) is 3.62. The first kappa shape index (κ1) is 15.7. The Kier molecular flexibility index (Phi) is 4.76. The Labute approximate surface area is 139 Å². The Hall–Kier alpha value is -2.14. The molecule has 0 spiro atoms. The second kappa shape index (κ2) is 6.96. The SMILES string of the molecule is Cc1cc2c(=O)n(CCCCOc3ccccc3)c(C)nc2s1. The van der Waals surface area contributed by atoms with Crippen molar-refractivity contribution >= 4 is 21.6 Å². The quantitative estimate of drug-likeness (QED) is 0.644. The van der Waals surface area contributed by atoms with Crippen molar-refractivity contribution < 1.29 is 4.74 Å². The molecule has 23 heavy (non-hydrogen) atoms. The highest BCUT2D eigenvalue weighted by molar-refractivity contribution is 7.18. The number of ether oxygens (including phenoxy) is 1. The average Bonchev–Trinajstić information content (AvgIpc) is 2.91. The Morgan fingerprint density at radius 2 is 1.96 bits per heavy atom. The van der Waals surface area contributed by atoms with Crippen molar-refractivity contribution in [3.8, 4) is 5.75 Å². The van der Waals surface area contributed by atoms with Crippen molar-refractivity contribution in [3.05, 3.63) is 57.5 Å². The number of fused-ring (bicyclic) bond motifs is 1. The number of thiophene rings is 1. The molecule has 0 bridgehead atoms. The maximum atomic E-state index is 12.5. The Balaban J connectivity index is 1.60. The van der Waals surface area contributed by atoms with E-state index >= 15 is 0 Å². The summed E-state index contributed by atoms with van der Waals surface area (Å²) in [5, 5.41) is 0.735. The molecule has 2 aromatic heterocycles. The number of hydrogen-bond acceptors (Lipinski definition) is 4. The average molecular weight is 328 g/mol. The summed E-state index contributed by atoms with van der Waals surface area (Å²) in [6.07, 6.45) is 1.80. The van der Waals surface area contributed by atoms with Crippen LogP contribution in [0.1, 0.15) is 23.5 Å². The molecule has 0 N–H and O–H groups in total. The van der Waals surface area contributed by atoms with Crippen molar-refractivity contribution in [1.29, 1.82) is 0 Å². The smallest absolute Gasteiger partial charge is 0.262 e. The molecule has 0 radical (unpaired) electrons. The number of aryl methyl sites for hydroxylation is 2. The Morgan fingerprint density at radius 3 is 2.74 bits per heavy atom. The summed E-state index contributed by atoms with van der Waals surface area (Å²) < 4.78 is 7.45. The first-order valence-corrected chi connectivity index (χ1v) is 8.62. The van der Waals surface area contributed by atoms with E-state index in [4.69, 9.17) is 4.74 Å². The summed E-state index contributed by atoms with van der Waals surface area (Å²) in [6, 6.07) is 11.7. The minimum Gasteiger partial charge on any atom is -0.494 e. The number of hydrogen-bond donors (Lipinski definition) is 0. The van der Waals surface area contributed by atoms with E-state index in [0.717, 1.165) is 39.5 Å². The second-order valence-electron chi connectivity index (χ2n) is 5.56. The number of para-hydroxylation sites is 1. The van der Waals surface area contributed by atoms with E-state index in [1.807, 2.05) is 50.2 Å². The number of rotatable bonds is 6. The molecular formula is C18H20N2O2S. The van der Waals surface area contributed by atoms with Gasteiger partial charge in [0.2, 0.25) is 0 Å². The molecule has 0 aliphatic rings. The van der Waals surface area contributed by atoms with Gasteiger partial charge in [-0.15, -0.1) is 11.3 Å². The molecule has 3 aromatic rings. The highest BCUT2D eigenvalue weighted by Crippen LogP contribution is 2.20. The minimum atomic E-state index is 0.0702. The van der Waals surface area contributed by atoms with Crippen molar-refractivity contribution in [3.63, 3.8) is 0 Å². The van der Waals surface area contributed by atoms with Gasteiger partial charge in [-0.05, 0) is 44.9 Å². The van der Waals surface area contributed by atoms with E-state index in [2.05, 4.69) is 4.98 Å². The van der Waals surface area contributed by atoms with Gasteiger partial charge in [0, 0.05) is 11.4 Å². The summed E-state index contributed by atoms with van der Waals surface area (Å²) in [5.41, 5.74) is 0.0702. The molecule has 4 nitrogen and oxygen atoms in total. The zero-order valence-electron chi connectivity index (χ0n) is 13.4. The van der Waals surface area contributed by atoms with Crippen LogP contribution in [0.3, 0.4) is 0 Å². The number of nitrogens with zero attached hydrogens (tertiary/aromatic N) is 2. The fourth-order valence-electron chi connectivity index (χ4n) is 2.58. The van der Waals surface area contributed by atoms with E-state index in [0.29, 0.717) is 13.2 Å². The van der Waals surface area contributed by atoms with E-state index in [9.17, 15) is 4.79 Å². The largest absolute Gasteiger partial charge is 0.494 e. The molecule has 0 unspecified atom stereocenters. The fourth-order valence-corrected chi connectivity index (χ4v) is 3.50. The molecule has 2 heterocycles. The summed E-state index contributed by atoms with van der Waals surface area (Å²) in [6.45, 7) is 5.24. The minimum absolute atomic E-state index is 0.0702. The van der Waals surface area contributed by atoms with Gasteiger partial charge in [0.1, 0.15) is 16.4 Å². The van der Waals surface area contributed by atoms with Crippen LogP contribution in [0.25, 0.3) is 10.2 Å². The monoisotopic (exact) mass is 328 g/mol. The zero-order valence-corrected chi connectivity index (χ0v) is 14.2. The molecule has 3 rings (SSSR count). The van der Waals surface area contributed by atoms with Crippen LogP contribution >= 0.6 is 11.3 Å². The molecule has 0 saturated carbocycles.